The first-order chi connectivity index (χ1) is 9.60. The third-order valence-electron chi connectivity index (χ3n) is 2.36. The molecule has 0 aliphatic carbocycles. The summed E-state index contributed by atoms with van der Waals surface area (Å²) in [4.78, 5) is 12.9. The van der Waals surface area contributed by atoms with E-state index in [-0.39, 0.29) is 5.91 Å². The zero-order valence-corrected chi connectivity index (χ0v) is 13.6. The summed E-state index contributed by atoms with van der Waals surface area (Å²) in [5, 5.41) is 3.89. The number of rotatable bonds is 4. The van der Waals surface area contributed by atoms with Crippen LogP contribution in [0, 0.1) is 0 Å². The van der Waals surface area contributed by atoms with E-state index >= 15 is 0 Å². The molecule has 104 valence electrons. The average molecular weight is 374 g/mol. The number of halogens is 2. The number of carbonyl (C=O) groups excluding carboxylic acids is 1. The number of benzene rings is 1. The minimum absolute atomic E-state index is 0.345. The molecule has 0 atom stereocenters. The molecule has 0 radical (unpaired) electrons. The zero-order valence-electron chi connectivity index (χ0n) is 10.4. The summed E-state index contributed by atoms with van der Waals surface area (Å²) in [5.41, 5.74) is 2.86. The van der Waals surface area contributed by atoms with Gasteiger partial charge in [0.05, 0.1) is 23.2 Å². The predicted octanol–water partition coefficient (Wildman–Crippen LogP) is 3.94. The molecule has 2 aromatic rings. The minimum Gasteiger partial charge on any atom is -0.496 e. The molecule has 0 saturated carbocycles. The summed E-state index contributed by atoms with van der Waals surface area (Å²) in [7, 11) is 1.51. The van der Waals surface area contributed by atoms with Gasteiger partial charge in [0.2, 0.25) is 0 Å². The van der Waals surface area contributed by atoms with Crippen molar-refractivity contribution in [3.63, 3.8) is 0 Å². The van der Waals surface area contributed by atoms with Gasteiger partial charge in [-0.3, -0.25) is 4.79 Å². The van der Waals surface area contributed by atoms with E-state index in [4.69, 9.17) is 16.3 Å². The van der Waals surface area contributed by atoms with Gasteiger partial charge in [-0.2, -0.15) is 5.10 Å². The number of nitrogens with zero attached hydrogens (tertiary/aromatic N) is 1. The second kappa shape index (κ2) is 6.88. The molecule has 1 aromatic carbocycles. The standard InChI is InChI=1S/C13H10BrClN2O2S/c1-19-11-4-2-8(14)6-10(11)13(18)17-16-7-9-3-5-12(15)20-9/h2-7H,1H3,(H,17,18)/b16-7-. The van der Waals surface area contributed by atoms with Crippen molar-refractivity contribution in [2.75, 3.05) is 7.11 Å². The normalized spacial score (nSPS) is 10.8. The summed E-state index contributed by atoms with van der Waals surface area (Å²) in [6, 6.07) is 8.77. The Hall–Kier alpha value is -1.37. The minimum atomic E-state index is -0.345. The van der Waals surface area contributed by atoms with E-state index < -0.39 is 0 Å². The fourth-order valence-corrected chi connectivity index (χ4v) is 2.76. The first-order valence-corrected chi connectivity index (χ1v) is 7.51. The Morgan fingerprint density at radius 3 is 2.90 bits per heavy atom. The molecule has 1 heterocycles. The van der Waals surface area contributed by atoms with Crippen LogP contribution >= 0.6 is 38.9 Å². The molecule has 2 rings (SSSR count). The van der Waals surface area contributed by atoms with E-state index in [0.29, 0.717) is 15.6 Å². The molecular formula is C13H10BrClN2O2S. The van der Waals surface area contributed by atoms with E-state index in [9.17, 15) is 4.79 Å². The number of ether oxygens (including phenoxy) is 1. The SMILES string of the molecule is COc1ccc(Br)cc1C(=O)N/N=C\c1ccc(Cl)s1. The number of hydrazone groups is 1. The van der Waals surface area contributed by atoms with E-state index in [1.165, 1.54) is 18.4 Å². The van der Waals surface area contributed by atoms with Crippen molar-refractivity contribution >= 4 is 51.0 Å². The van der Waals surface area contributed by atoms with Crippen molar-refractivity contribution in [3.8, 4) is 5.75 Å². The fourth-order valence-electron chi connectivity index (χ4n) is 1.47. The highest BCUT2D eigenvalue weighted by atomic mass is 79.9. The van der Waals surface area contributed by atoms with Crippen molar-refractivity contribution in [3.05, 3.63) is 49.6 Å². The van der Waals surface area contributed by atoms with Gasteiger partial charge in [0.25, 0.3) is 5.91 Å². The first-order valence-electron chi connectivity index (χ1n) is 5.52. The average Bonchev–Trinajstić information content (AvgIpc) is 2.84. The highest BCUT2D eigenvalue weighted by Crippen LogP contribution is 2.23. The molecule has 0 aliphatic heterocycles. The van der Waals surface area contributed by atoms with Crippen LogP contribution in [-0.4, -0.2) is 19.2 Å². The van der Waals surface area contributed by atoms with Crippen molar-refractivity contribution in [2.45, 2.75) is 0 Å². The van der Waals surface area contributed by atoms with Gasteiger partial charge in [0, 0.05) is 9.35 Å². The molecule has 20 heavy (non-hydrogen) atoms. The Bertz CT molecular complexity index is 658. The maximum atomic E-state index is 12.0. The smallest absolute Gasteiger partial charge is 0.275 e. The predicted molar refractivity (Wildman–Crippen MR) is 85.1 cm³/mol. The molecule has 4 nitrogen and oxygen atoms in total. The number of thiophene rings is 1. The molecule has 1 amide bonds. The molecule has 7 heteroatoms. The topological polar surface area (TPSA) is 50.7 Å². The van der Waals surface area contributed by atoms with Crippen molar-refractivity contribution in [1.82, 2.24) is 5.43 Å². The van der Waals surface area contributed by atoms with E-state index in [0.717, 1.165) is 9.35 Å². The van der Waals surface area contributed by atoms with Crippen molar-refractivity contribution in [1.29, 1.82) is 0 Å². The van der Waals surface area contributed by atoms with Gasteiger partial charge in [-0.1, -0.05) is 27.5 Å². The monoisotopic (exact) mass is 372 g/mol. The van der Waals surface area contributed by atoms with Crippen LogP contribution in [0.15, 0.2) is 39.9 Å². The van der Waals surface area contributed by atoms with Crippen LogP contribution in [0.1, 0.15) is 15.2 Å². The maximum Gasteiger partial charge on any atom is 0.275 e. The lowest BCUT2D eigenvalue weighted by molar-refractivity contribution is 0.0952. The molecule has 1 aromatic heterocycles. The molecule has 1 N–H and O–H groups in total. The lowest BCUT2D eigenvalue weighted by Crippen LogP contribution is -2.18. The highest BCUT2D eigenvalue weighted by molar-refractivity contribution is 9.10. The lowest BCUT2D eigenvalue weighted by atomic mass is 10.2. The zero-order chi connectivity index (χ0) is 14.5. The van der Waals surface area contributed by atoms with Crippen LogP contribution < -0.4 is 10.2 Å². The molecule has 0 aliphatic rings. The molecule has 0 unspecified atom stereocenters. The Kier molecular flexibility index (Phi) is 5.17. The lowest BCUT2D eigenvalue weighted by Gasteiger charge is -2.07. The van der Waals surface area contributed by atoms with Gasteiger partial charge in [-0.05, 0) is 30.3 Å². The number of nitrogens with one attached hydrogen (secondary N) is 1. The maximum absolute atomic E-state index is 12.0. The third-order valence-corrected chi connectivity index (χ3v) is 4.02. The number of hydrogen-bond donors (Lipinski definition) is 1. The summed E-state index contributed by atoms with van der Waals surface area (Å²) in [6.45, 7) is 0. The molecular weight excluding hydrogens is 364 g/mol. The van der Waals surface area contributed by atoms with Crippen LogP contribution in [0.3, 0.4) is 0 Å². The second-order valence-corrected chi connectivity index (χ2v) is 6.35. The fraction of sp³-hybridized carbons (Fsp3) is 0.0769. The van der Waals surface area contributed by atoms with Crippen LogP contribution in [-0.2, 0) is 0 Å². The van der Waals surface area contributed by atoms with Crippen LogP contribution in [0.2, 0.25) is 4.34 Å². The molecule has 0 spiro atoms. The van der Waals surface area contributed by atoms with E-state index in [2.05, 4.69) is 26.5 Å². The van der Waals surface area contributed by atoms with Gasteiger partial charge in [-0.15, -0.1) is 11.3 Å². The van der Waals surface area contributed by atoms with E-state index in [1.807, 2.05) is 6.07 Å². The Labute approximate surface area is 133 Å². The van der Waals surface area contributed by atoms with Gasteiger partial charge in [-0.25, -0.2) is 5.43 Å². The van der Waals surface area contributed by atoms with Gasteiger partial charge >= 0.3 is 0 Å². The number of methoxy groups -OCH3 is 1. The number of hydrogen-bond acceptors (Lipinski definition) is 4. The highest BCUT2D eigenvalue weighted by Gasteiger charge is 2.11. The van der Waals surface area contributed by atoms with Gasteiger partial charge in [0.1, 0.15) is 5.75 Å². The van der Waals surface area contributed by atoms with Gasteiger partial charge < -0.3 is 4.74 Å². The number of carbonyl (C=O) groups is 1. The Balaban J connectivity index is 2.08. The summed E-state index contributed by atoms with van der Waals surface area (Å²) in [5.74, 6) is 0.141. The third kappa shape index (κ3) is 3.82. The first kappa shape index (κ1) is 15.0. The number of amides is 1. The Morgan fingerprint density at radius 2 is 2.25 bits per heavy atom. The largest absolute Gasteiger partial charge is 0.496 e. The Morgan fingerprint density at radius 1 is 1.45 bits per heavy atom. The summed E-state index contributed by atoms with van der Waals surface area (Å²) >= 11 is 10.5. The summed E-state index contributed by atoms with van der Waals surface area (Å²) in [6.07, 6.45) is 1.54. The van der Waals surface area contributed by atoms with Gasteiger partial charge in [0.15, 0.2) is 0 Å². The van der Waals surface area contributed by atoms with E-state index in [1.54, 1.807) is 30.5 Å². The second-order valence-electron chi connectivity index (χ2n) is 3.69. The molecule has 0 saturated heterocycles. The molecule has 0 fully saturated rings. The molecule has 0 bridgehead atoms. The van der Waals surface area contributed by atoms with Crippen LogP contribution in [0.4, 0.5) is 0 Å². The van der Waals surface area contributed by atoms with Crippen LogP contribution in [0.5, 0.6) is 5.75 Å². The quantitative estimate of drug-likeness (QED) is 0.652. The summed E-state index contributed by atoms with van der Waals surface area (Å²) < 4.78 is 6.60. The van der Waals surface area contributed by atoms with Crippen molar-refractivity contribution < 1.29 is 9.53 Å². The van der Waals surface area contributed by atoms with Crippen molar-refractivity contribution in [2.24, 2.45) is 5.10 Å². The van der Waals surface area contributed by atoms with Crippen LogP contribution in [0.25, 0.3) is 0 Å².